The van der Waals surface area contributed by atoms with Gasteiger partial charge in [-0.25, -0.2) is 0 Å². The summed E-state index contributed by atoms with van der Waals surface area (Å²) in [6.45, 7) is 2.07. The molecule has 2 aromatic carbocycles. The second kappa shape index (κ2) is 7.34. The molecule has 2 rings (SSSR count). The van der Waals surface area contributed by atoms with Crippen molar-refractivity contribution in [2.45, 2.75) is 25.8 Å². The summed E-state index contributed by atoms with van der Waals surface area (Å²) in [4.78, 5) is 0. The Hall–Kier alpha value is -1.71. The minimum absolute atomic E-state index is 0.115. The summed E-state index contributed by atoms with van der Waals surface area (Å²) in [6, 6.07) is 13.2. The largest absolute Gasteiger partial charge is 0.497 e. The molecule has 0 aromatic heterocycles. The van der Waals surface area contributed by atoms with Crippen LogP contribution in [0.5, 0.6) is 17.2 Å². The van der Waals surface area contributed by atoms with Gasteiger partial charge in [0.1, 0.15) is 17.2 Å². The van der Waals surface area contributed by atoms with Crippen molar-refractivity contribution in [3.05, 3.63) is 53.1 Å². The van der Waals surface area contributed by atoms with E-state index in [-0.39, 0.29) is 6.04 Å². The molecule has 0 aliphatic heterocycles. The second-order valence-electron chi connectivity index (χ2n) is 4.90. The number of hydrogen-bond acceptors (Lipinski definition) is 3. The first-order valence-corrected chi connectivity index (χ1v) is 7.36. The molecule has 0 spiro atoms. The van der Waals surface area contributed by atoms with E-state index >= 15 is 0 Å². The van der Waals surface area contributed by atoms with E-state index in [9.17, 15) is 0 Å². The average Bonchev–Trinajstić information content (AvgIpc) is 2.50. The standard InChI is InChI=1S/C17H20ClNO2/c1-3-14(19)10-12-4-5-13(18)11-17(12)21-16-8-6-15(20-2)7-9-16/h4-9,11,14H,3,10,19H2,1-2H3. The van der Waals surface area contributed by atoms with E-state index in [2.05, 4.69) is 6.92 Å². The Bertz CT molecular complexity index is 584. The van der Waals surface area contributed by atoms with Gasteiger partial charge >= 0.3 is 0 Å². The molecule has 0 saturated heterocycles. The first-order chi connectivity index (χ1) is 10.1. The lowest BCUT2D eigenvalue weighted by atomic mass is 10.0. The number of hydrogen-bond donors (Lipinski definition) is 1. The highest BCUT2D eigenvalue weighted by Gasteiger charge is 2.10. The zero-order valence-corrected chi connectivity index (χ0v) is 13.1. The molecule has 2 aromatic rings. The molecule has 0 aliphatic carbocycles. The Morgan fingerprint density at radius 3 is 2.38 bits per heavy atom. The van der Waals surface area contributed by atoms with Gasteiger partial charge in [0.15, 0.2) is 0 Å². The van der Waals surface area contributed by atoms with Crippen LogP contribution in [0.1, 0.15) is 18.9 Å². The number of ether oxygens (including phenoxy) is 2. The molecule has 3 nitrogen and oxygen atoms in total. The number of benzene rings is 2. The lowest BCUT2D eigenvalue weighted by Gasteiger charge is -2.15. The SMILES string of the molecule is CCC(N)Cc1ccc(Cl)cc1Oc1ccc(OC)cc1. The third kappa shape index (κ3) is 4.38. The molecular formula is C17H20ClNO2. The maximum Gasteiger partial charge on any atom is 0.132 e. The van der Waals surface area contributed by atoms with Crippen molar-refractivity contribution in [3.8, 4) is 17.2 Å². The number of methoxy groups -OCH3 is 1. The highest BCUT2D eigenvalue weighted by Crippen LogP contribution is 2.30. The fourth-order valence-electron chi connectivity index (χ4n) is 1.99. The molecular weight excluding hydrogens is 286 g/mol. The van der Waals surface area contributed by atoms with E-state index in [0.29, 0.717) is 5.02 Å². The molecule has 0 amide bonds. The van der Waals surface area contributed by atoms with E-state index in [1.54, 1.807) is 7.11 Å². The van der Waals surface area contributed by atoms with E-state index in [1.165, 1.54) is 0 Å². The summed E-state index contributed by atoms with van der Waals surface area (Å²) in [6.07, 6.45) is 1.68. The van der Waals surface area contributed by atoms with Gasteiger partial charge in [0.2, 0.25) is 0 Å². The molecule has 2 N–H and O–H groups in total. The van der Waals surface area contributed by atoms with Crippen LogP contribution in [0.4, 0.5) is 0 Å². The second-order valence-corrected chi connectivity index (χ2v) is 5.34. The van der Waals surface area contributed by atoms with Crippen LogP contribution >= 0.6 is 11.6 Å². The number of rotatable bonds is 6. The molecule has 1 atom stereocenters. The van der Waals surface area contributed by atoms with Crippen molar-refractivity contribution in [1.29, 1.82) is 0 Å². The quantitative estimate of drug-likeness (QED) is 0.859. The molecule has 0 bridgehead atoms. The van der Waals surface area contributed by atoms with Gasteiger partial charge in [0, 0.05) is 11.1 Å². The average molecular weight is 306 g/mol. The molecule has 0 saturated carbocycles. The molecule has 0 fully saturated rings. The first kappa shape index (κ1) is 15.7. The van der Waals surface area contributed by atoms with Gasteiger partial charge in [-0.05, 0) is 54.8 Å². The zero-order valence-electron chi connectivity index (χ0n) is 12.3. The summed E-state index contributed by atoms with van der Waals surface area (Å²) < 4.78 is 11.1. The Kier molecular flexibility index (Phi) is 5.48. The smallest absolute Gasteiger partial charge is 0.132 e. The Morgan fingerprint density at radius 1 is 1.10 bits per heavy atom. The first-order valence-electron chi connectivity index (χ1n) is 6.98. The molecule has 1 unspecified atom stereocenters. The minimum Gasteiger partial charge on any atom is -0.497 e. The summed E-state index contributed by atoms with van der Waals surface area (Å²) in [5, 5.41) is 0.646. The highest BCUT2D eigenvalue weighted by atomic mass is 35.5. The van der Waals surface area contributed by atoms with Gasteiger partial charge in [-0.1, -0.05) is 24.6 Å². The lowest BCUT2D eigenvalue weighted by molar-refractivity contribution is 0.412. The van der Waals surface area contributed by atoms with Crippen LogP contribution in [0.25, 0.3) is 0 Å². The molecule has 0 heterocycles. The van der Waals surface area contributed by atoms with Gasteiger partial charge < -0.3 is 15.2 Å². The topological polar surface area (TPSA) is 44.5 Å². The van der Waals surface area contributed by atoms with Crippen molar-refractivity contribution in [2.24, 2.45) is 5.73 Å². The van der Waals surface area contributed by atoms with Crippen molar-refractivity contribution < 1.29 is 9.47 Å². The maximum atomic E-state index is 6.07. The van der Waals surface area contributed by atoms with E-state index in [4.69, 9.17) is 26.8 Å². The maximum absolute atomic E-state index is 6.07. The van der Waals surface area contributed by atoms with Crippen LogP contribution in [-0.2, 0) is 6.42 Å². The van der Waals surface area contributed by atoms with E-state index < -0.39 is 0 Å². The van der Waals surface area contributed by atoms with Crippen LogP contribution < -0.4 is 15.2 Å². The fourth-order valence-corrected chi connectivity index (χ4v) is 2.15. The Morgan fingerprint density at radius 2 is 1.76 bits per heavy atom. The molecule has 4 heteroatoms. The summed E-state index contributed by atoms with van der Waals surface area (Å²) in [7, 11) is 1.64. The minimum atomic E-state index is 0.115. The number of halogens is 1. The molecule has 21 heavy (non-hydrogen) atoms. The van der Waals surface area contributed by atoms with Crippen LogP contribution in [0, 0.1) is 0 Å². The summed E-state index contributed by atoms with van der Waals surface area (Å²) in [5.41, 5.74) is 7.10. The van der Waals surface area contributed by atoms with Crippen LogP contribution in [-0.4, -0.2) is 13.2 Å². The third-order valence-electron chi connectivity index (χ3n) is 3.32. The van der Waals surface area contributed by atoms with Crippen molar-refractivity contribution in [1.82, 2.24) is 0 Å². The molecule has 0 aliphatic rings. The van der Waals surface area contributed by atoms with Crippen LogP contribution in [0.2, 0.25) is 5.02 Å². The normalized spacial score (nSPS) is 12.0. The highest BCUT2D eigenvalue weighted by molar-refractivity contribution is 6.30. The lowest BCUT2D eigenvalue weighted by Crippen LogP contribution is -2.21. The summed E-state index contributed by atoms with van der Waals surface area (Å²) >= 11 is 6.07. The van der Waals surface area contributed by atoms with Crippen molar-refractivity contribution in [3.63, 3.8) is 0 Å². The summed E-state index contributed by atoms with van der Waals surface area (Å²) in [5.74, 6) is 2.28. The van der Waals surface area contributed by atoms with Crippen molar-refractivity contribution in [2.75, 3.05) is 7.11 Å². The number of nitrogens with two attached hydrogens (primary N) is 1. The van der Waals surface area contributed by atoms with Gasteiger partial charge in [-0.2, -0.15) is 0 Å². The predicted octanol–water partition coefficient (Wildman–Crippen LogP) is 4.42. The van der Waals surface area contributed by atoms with Gasteiger partial charge in [-0.3, -0.25) is 0 Å². The zero-order chi connectivity index (χ0) is 15.2. The fraction of sp³-hybridized carbons (Fsp3) is 0.294. The van der Waals surface area contributed by atoms with E-state index in [0.717, 1.165) is 35.7 Å². The predicted molar refractivity (Wildman–Crippen MR) is 86.5 cm³/mol. The van der Waals surface area contributed by atoms with Gasteiger partial charge in [-0.15, -0.1) is 0 Å². The molecule has 112 valence electrons. The van der Waals surface area contributed by atoms with Gasteiger partial charge in [0.25, 0.3) is 0 Å². The Balaban J connectivity index is 2.22. The third-order valence-corrected chi connectivity index (χ3v) is 3.56. The van der Waals surface area contributed by atoms with Crippen LogP contribution in [0.15, 0.2) is 42.5 Å². The van der Waals surface area contributed by atoms with Gasteiger partial charge in [0.05, 0.1) is 7.11 Å². The monoisotopic (exact) mass is 305 g/mol. The molecule has 0 radical (unpaired) electrons. The van der Waals surface area contributed by atoms with Crippen molar-refractivity contribution >= 4 is 11.6 Å². The van der Waals surface area contributed by atoms with E-state index in [1.807, 2.05) is 42.5 Å². The van der Waals surface area contributed by atoms with Crippen LogP contribution in [0.3, 0.4) is 0 Å². The Labute approximate surface area is 130 Å².